The molecule has 0 saturated heterocycles. The second-order valence-electron chi connectivity index (χ2n) is 8.00. The molecule has 0 amide bonds. The van der Waals surface area contributed by atoms with Gasteiger partial charge in [0.25, 0.3) is 0 Å². The van der Waals surface area contributed by atoms with E-state index < -0.39 is 0 Å². The van der Waals surface area contributed by atoms with E-state index in [1.165, 1.54) is 24.0 Å². The van der Waals surface area contributed by atoms with Crippen molar-refractivity contribution in [1.29, 1.82) is 0 Å². The summed E-state index contributed by atoms with van der Waals surface area (Å²) in [5, 5.41) is 20.7. The third-order valence-electron chi connectivity index (χ3n) is 7.05. The summed E-state index contributed by atoms with van der Waals surface area (Å²) in [6, 6.07) is 4.09. The smallest absolute Gasteiger partial charge is 0.131 e. The van der Waals surface area contributed by atoms with Crippen molar-refractivity contribution in [2.24, 2.45) is 17.3 Å². The molecule has 3 aliphatic rings. The Bertz CT molecular complexity index is 696. The molecule has 4 rings (SSSR count). The highest BCUT2D eigenvalue weighted by Gasteiger charge is 2.54. The van der Waals surface area contributed by atoms with Gasteiger partial charge in [-0.25, -0.2) is 0 Å². The zero-order valence-electron chi connectivity index (χ0n) is 14.1. The number of benzene rings is 1. The monoisotopic (exact) mass is 310 g/mol. The molecule has 2 heteroatoms. The molecule has 0 aliphatic heterocycles. The maximum Gasteiger partial charge on any atom is 0.131 e. The molecule has 122 valence electrons. The number of hydrogen-bond donors (Lipinski definition) is 2. The number of aromatic hydroxyl groups is 1. The van der Waals surface area contributed by atoms with Crippen molar-refractivity contribution in [3.8, 4) is 17.6 Å². The molecule has 0 bridgehead atoms. The SMILES string of the molecule is CC#Cc1cc2c(cc1O)CC[C@@H]1[C@H]3CC[C@H](O)[C@]3(C)CC[C@@H]21. The summed E-state index contributed by atoms with van der Waals surface area (Å²) in [7, 11) is 0. The summed E-state index contributed by atoms with van der Waals surface area (Å²) in [5.41, 5.74) is 3.63. The summed E-state index contributed by atoms with van der Waals surface area (Å²) in [4.78, 5) is 0. The maximum atomic E-state index is 10.5. The molecule has 2 fully saturated rings. The Kier molecular flexibility index (Phi) is 3.46. The largest absolute Gasteiger partial charge is 0.507 e. The van der Waals surface area contributed by atoms with Crippen LogP contribution in [0.2, 0.25) is 0 Å². The number of phenolic OH excluding ortho intramolecular Hbond substituents is 1. The maximum absolute atomic E-state index is 10.5. The average Bonchev–Trinajstić information content (AvgIpc) is 2.84. The average molecular weight is 310 g/mol. The van der Waals surface area contributed by atoms with Crippen LogP contribution in [0.25, 0.3) is 0 Å². The van der Waals surface area contributed by atoms with Gasteiger partial charge in [0.15, 0.2) is 0 Å². The van der Waals surface area contributed by atoms with Crippen molar-refractivity contribution in [2.75, 3.05) is 0 Å². The van der Waals surface area contributed by atoms with Gasteiger partial charge in [0, 0.05) is 0 Å². The highest BCUT2D eigenvalue weighted by atomic mass is 16.3. The van der Waals surface area contributed by atoms with E-state index in [2.05, 4.69) is 24.8 Å². The lowest BCUT2D eigenvalue weighted by Crippen LogP contribution is -2.43. The fourth-order valence-corrected chi connectivity index (χ4v) is 5.82. The Morgan fingerprint density at radius 3 is 2.78 bits per heavy atom. The van der Waals surface area contributed by atoms with Crippen molar-refractivity contribution in [2.45, 2.75) is 64.4 Å². The fraction of sp³-hybridized carbons (Fsp3) is 0.619. The molecule has 0 aromatic heterocycles. The topological polar surface area (TPSA) is 40.5 Å². The molecular formula is C21H26O2. The van der Waals surface area contributed by atoms with Gasteiger partial charge in [0.1, 0.15) is 5.75 Å². The van der Waals surface area contributed by atoms with Gasteiger partial charge in [-0.1, -0.05) is 12.8 Å². The first-order valence-corrected chi connectivity index (χ1v) is 9.01. The number of fused-ring (bicyclic) bond motifs is 5. The van der Waals surface area contributed by atoms with E-state index >= 15 is 0 Å². The Labute approximate surface area is 138 Å². The molecule has 0 heterocycles. The Morgan fingerprint density at radius 1 is 1.17 bits per heavy atom. The third-order valence-corrected chi connectivity index (χ3v) is 7.05. The van der Waals surface area contributed by atoms with Crippen LogP contribution in [0.1, 0.15) is 68.6 Å². The number of phenols is 1. The zero-order valence-corrected chi connectivity index (χ0v) is 14.1. The van der Waals surface area contributed by atoms with Gasteiger partial charge >= 0.3 is 0 Å². The van der Waals surface area contributed by atoms with Crippen LogP contribution in [0.3, 0.4) is 0 Å². The van der Waals surface area contributed by atoms with E-state index in [4.69, 9.17) is 0 Å². The number of aliphatic hydroxyl groups is 1. The molecule has 5 atom stereocenters. The van der Waals surface area contributed by atoms with E-state index in [0.29, 0.717) is 23.5 Å². The van der Waals surface area contributed by atoms with Crippen LogP contribution in [0.4, 0.5) is 0 Å². The molecule has 1 aromatic carbocycles. The Morgan fingerprint density at radius 2 is 2.00 bits per heavy atom. The van der Waals surface area contributed by atoms with E-state index in [1.54, 1.807) is 0 Å². The molecule has 3 aliphatic carbocycles. The van der Waals surface area contributed by atoms with E-state index in [1.807, 2.05) is 13.0 Å². The van der Waals surface area contributed by atoms with Crippen LogP contribution < -0.4 is 0 Å². The second-order valence-corrected chi connectivity index (χ2v) is 8.00. The van der Waals surface area contributed by atoms with Gasteiger partial charge in [0.2, 0.25) is 0 Å². The first kappa shape index (κ1) is 15.1. The Balaban J connectivity index is 1.74. The molecule has 2 N–H and O–H groups in total. The minimum Gasteiger partial charge on any atom is -0.507 e. The standard InChI is InChI=1S/C21H26O2/c1-3-4-14-11-17-13(12-19(14)22)5-6-16-15(17)9-10-21(2)18(16)7-8-20(21)23/h11-12,15-16,18,20,22-23H,5-10H2,1-2H3/t15-,16+,18-,20+,21-/m1/s1. The van der Waals surface area contributed by atoms with Gasteiger partial charge in [-0.05, 0) is 91.9 Å². The molecule has 2 saturated carbocycles. The highest BCUT2D eigenvalue weighted by Crippen LogP contribution is 2.61. The first-order valence-electron chi connectivity index (χ1n) is 9.01. The van der Waals surface area contributed by atoms with Crippen molar-refractivity contribution in [1.82, 2.24) is 0 Å². The minimum absolute atomic E-state index is 0.115. The van der Waals surface area contributed by atoms with Crippen molar-refractivity contribution >= 4 is 0 Å². The van der Waals surface area contributed by atoms with Crippen LogP contribution in [-0.4, -0.2) is 16.3 Å². The summed E-state index contributed by atoms with van der Waals surface area (Å²) in [5.74, 6) is 8.20. The number of aryl methyl sites for hydroxylation is 1. The minimum atomic E-state index is -0.115. The summed E-state index contributed by atoms with van der Waals surface area (Å²) < 4.78 is 0. The van der Waals surface area contributed by atoms with Gasteiger partial charge in [-0.15, -0.1) is 5.92 Å². The number of rotatable bonds is 0. The molecule has 0 unspecified atom stereocenters. The normalized spacial score (nSPS) is 38.0. The van der Waals surface area contributed by atoms with Crippen molar-refractivity contribution in [3.63, 3.8) is 0 Å². The van der Waals surface area contributed by atoms with Crippen molar-refractivity contribution < 1.29 is 10.2 Å². The van der Waals surface area contributed by atoms with Crippen LogP contribution in [-0.2, 0) is 6.42 Å². The number of aliphatic hydroxyl groups excluding tert-OH is 1. The summed E-state index contributed by atoms with van der Waals surface area (Å²) >= 11 is 0. The van der Waals surface area contributed by atoms with Crippen LogP contribution in [0.15, 0.2) is 12.1 Å². The van der Waals surface area contributed by atoms with E-state index in [-0.39, 0.29) is 11.5 Å². The molecule has 23 heavy (non-hydrogen) atoms. The van der Waals surface area contributed by atoms with Crippen LogP contribution in [0.5, 0.6) is 5.75 Å². The van der Waals surface area contributed by atoms with Crippen molar-refractivity contribution in [3.05, 3.63) is 28.8 Å². The third kappa shape index (κ3) is 2.13. The lowest BCUT2D eigenvalue weighted by atomic mass is 9.55. The van der Waals surface area contributed by atoms with Crippen LogP contribution >= 0.6 is 0 Å². The second kappa shape index (κ2) is 5.28. The first-order chi connectivity index (χ1) is 11.0. The van der Waals surface area contributed by atoms with Gasteiger partial charge in [-0.2, -0.15) is 0 Å². The Hall–Kier alpha value is -1.46. The van der Waals surface area contributed by atoms with Gasteiger partial charge in [0.05, 0.1) is 11.7 Å². The fourth-order valence-electron chi connectivity index (χ4n) is 5.82. The van der Waals surface area contributed by atoms with E-state index in [9.17, 15) is 10.2 Å². The summed E-state index contributed by atoms with van der Waals surface area (Å²) in [6.07, 6.45) is 6.56. The molecule has 0 spiro atoms. The van der Waals surface area contributed by atoms with Crippen LogP contribution in [0, 0.1) is 29.1 Å². The highest BCUT2D eigenvalue weighted by molar-refractivity contribution is 5.52. The van der Waals surface area contributed by atoms with Gasteiger partial charge < -0.3 is 10.2 Å². The molecule has 1 aromatic rings. The zero-order chi connectivity index (χ0) is 16.2. The van der Waals surface area contributed by atoms with E-state index in [0.717, 1.165) is 31.2 Å². The predicted molar refractivity (Wildman–Crippen MR) is 91.3 cm³/mol. The molecular weight excluding hydrogens is 284 g/mol. The summed E-state index contributed by atoms with van der Waals surface area (Å²) in [6.45, 7) is 4.12. The van der Waals surface area contributed by atoms with Gasteiger partial charge in [-0.3, -0.25) is 0 Å². The lowest BCUT2D eigenvalue weighted by molar-refractivity contribution is -0.0226. The molecule has 2 nitrogen and oxygen atoms in total. The predicted octanol–water partition coefficient (Wildman–Crippen LogP) is 3.98. The number of hydrogen-bond acceptors (Lipinski definition) is 2. The lowest BCUT2D eigenvalue weighted by Gasteiger charge is -2.50. The quantitative estimate of drug-likeness (QED) is 0.712. The molecule has 0 radical (unpaired) electrons.